The second kappa shape index (κ2) is 16.1. The summed E-state index contributed by atoms with van der Waals surface area (Å²) in [6, 6.07) is 18.8. The van der Waals surface area contributed by atoms with Crippen molar-refractivity contribution in [2.45, 2.75) is 90.9 Å². The van der Waals surface area contributed by atoms with Gasteiger partial charge in [-0.25, -0.2) is 18.7 Å². The van der Waals surface area contributed by atoms with E-state index in [1.807, 2.05) is 60.6 Å². The number of hydrogen-bond acceptors (Lipinski definition) is 8. The van der Waals surface area contributed by atoms with Crippen LogP contribution in [0.1, 0.15) is 109 Å². The first-order valence-electron chi connectivity index (χ1n) is 22.7. The Morgan fingerprint density at radius 1 is 0.938 bits per heavy atom. The number of aryl methyl sites for hydroxylation is 2. The smallest absolute Gasteiger partial charge is 0.381 e. The number of imidazole rings is 1. The second-order valence-electron chi connectivity index (χ2n) is 18.3. The molecule has 2 aliphatic heterocycles. The third-order valence-electron chi connectivity index (χ3n) is 14.5. The molecule has 65 heavy (non-hydrogen) atoms. The molecule has 10 rings (SSSR count). The third kappa shape index (κ3) is 7.09. The largest absolute Gasteiger partial charge is 0.438 e. The van der Waals surface area contributed by atoms with Crippen LogP contribution in [-0.4, -0.2) is 76.5 Å². The third-order valence-corrected chi connectivity index (χ3v) is 17.7. The summed E-state index contributed by atoms with van der Waals surface area (Å²) in [7, 11) is -2.32. The van der Waals surface area contributed by atoms with Crippen molar-refractivity contribution in [2.75, 3.05) is 32.1 Å². The SMILES string of the molecule is CCP(=O)(CC)Cc1ccc(-n2ccn(-c3c4c(nn3-c3cc(C)c(F)c(C)c3)CCN(C(=O)c3cc5cc(C6CCOCC6)ccc5n3C3(c5noc(=O)[nH]5)CC3C)C4C)c2=O)cc1. The van der Waals surface area contributed by atoms with Crippen molar-refractivity contribution in [3.63, 3.8) is 0 Å². The Hall–Kier alpha value is -6.05. The van der Waals surface area contributed by atoms with Crippen LogP contribution in [-0.2, 0) is 27.4 Å². The molecule has 1 N–H and O–H groups in total. The predicted molar refractivity (Wildman–Crippen MR) is 246 cm³/mol. The van der Waals surface area contributed by atoms with Gasteiger partial charge in [0.1, 0.15) is 22.9 Å². The average molecular weight is 901 g/mol. The molecule has 1 amide bonds. The van der Waals surface area contributed by atoms with Crippen molar-refractivity contribution in [2.24, 2.45) is 5.92 Å². The van der Waals surface area contributed by atoms with E-state index in [2.05, 4.69) is 35.3 Å². The molecule has 3 aromatic carbocycles. The minimum atomic E-state index is -2.32. The van der Waals surface area contributed by atoms with Crippen molar-refractivity contribution in [1.82, 2.24) is 38.5 Å². The normalized spacial score (nSPS) is 20.1. The Morgan fingerprint density at radius 2 is 1.63 bits per heavy atom. The van der Waals surface area contributed by atoms with Crippen LogP contribution in [0, 0.1) is 25.6 Å². The van der Waals surface area contributed by atoms with Gasteiger partial charge in [-0.05, 0) is 129 Å². The molecule has 0 bridgehead atoms. The van der Waals surface area contributed by atoms with Gasteiger partial charge in [-0.1, -0.05) is 44.1 Å². The fourth-order valence-electron chi connectivity index (χ4n) is 10.5. The standard InChI is InChI=1S/C49H54FN8O6P/c1-7-65(62,8-2)28-33-9-12-37(13-10-33)55-19-20-56(48(55)61)44-42-32(6)54(18-15-39(42)52-58(44)38-23-29(3)43(50)30(4)24-38)45(59)41-26-36-25-35(34-16-21-63-22-17-34)11-14-40(36)57(41)49(27-31(49)5)46-51-47(60)64-53-46/h9-14,19-20,23-26,31-32,34H,7-8,15-18,21-22,27-28H2,1-6H3,(H,51,53,60). The van der Waals surface area contributed by atoms with Crippen molar-refractivity contribution in [3.8, 4) is 17.2 Å². The van der Waals surface area contributed by atoms with E-state index in [-0.39, 0.29) is 23.3 Å². The number of H-pyrrole nitrogens is 1. The zero-order chi connectivity index (χ0) is 45.5. The molecule has 1 aliphatic carbocycles. The van der Waals surface area contributed by atoms with Gasteiger partial charge in [0.05, 0.1) is 30.3 Å². The molecule has 16 heteroatoms. The number of benzene rings is 3. The molecule has 1 saturated carbocycles. The summed E-state index contributed by atoms with van der Waals surface area (Å²) in [4.78, 5) is 47.2. The number of halogens is 1. The van der Waals surface area contributed by atoms with E-state index in [1.54, 1.807) is 52.2 Å². The Kier molecular flexibility index (Phi) is 10.6. The molecule has 1 saturated heterocycles. The fraction of sp³-hybridized carbons (Fsp3) is 0.408. The van der Waals surface area contributed by atoms with Gasteiger partial charge in [0.25, 0.3) is 5.91 Å². The minimum Gasteiger partial charge on any atom is -0.381 e. The zero-order valence-corrected chi connectivity index (χ0v) is 38.5. The van der Waals surface area contributed by atoms with E-state index in [0.29, 0.717) is 102 Å². The molecule has 14 nitrogen and oxygen atoms in total. The van der Waals surface area contributed by atoms with Gasteiger partial charge in [-0.15, -0.1) is 0 Å². The molecule has 3 atom stereocenters. The van der Waals surface area contributed by atoms with E-state index in [0.717, 1.165) is 35.0 Å². The van der Waals surface area contributed by atoms with Gasteiger partial charge in [-0.2, -0.15) is 5.10 Å². The summed E-state index contributed by atoms with van der Waals surface area (Å²) in [6.07, 6.45) is 8.04. The van der Waals surface area contributed by atoms with E-state index >= 15 is 9.18 Å². The lowest BCUT2D eigenvalue weighted by molar-refractivity contribution is 0.0663. The minimum absolute atomic E-state index is 0.0277. The number of amides is 1. The van der Waals surface area contributed by atoms with Crippen molar-refractivity contribution in [1.29, 1.82) is 0 Å². The Bertz CT molecular complexity index is 3140. The Labute approximate surface area is 375 Å². The Balaban J connectivity index is 1.09. The predicted octanol–water partition coefficient (Wildman–Crippen LogP) is 8.54. The summed E-state index contributed by atoms with van der Waals surface area (Å²) in [5.41, 5.74) is 5.81. The molecule has 6 heterocycles. The van der Waals surface area contributed by atoms with Crippen molar-refractivity contribution >= 4 is 24.0 Å². The highest BCUT2D eigenvalue weighted by molar-refractivity contribution is 7.63. The van der Waals surface area contributed by atoms with Crippen LogP contribution in [0.4, 0.5) is 4.39 Å². The number of carbonyl (C=O) groups excluding carboxylic acids is 1. The van der Waals surface area contributed by atoms with Crippen LogP contribution < -0.4 is 11.4 Å². The lowest BCUT2D eigenvalue weighted by Gasteiger charge is -2.34. The number of aromatic amines is 1. The first kappa shape index (κ1) is 42.9. The molecule has 3 aliphatic rings. The first-order chi connectivity index (χ1) is 31.2. The zero-order valence-electron chi connectivity index (χ0n) is 37.6. The maximum Gasteiger partial charge on any atom is 0.438 e. The molecular formula is C49H54FN8O6P. The first-order valence-corrected chi connectivity index (χ1v) is 25.0. The van der Waals surface area contributed by atoms with Crippen LogP contribution in [0.2, 0.25) is 0 Å². The quantitative estimate of drug-likeness (QED) is 0.127. The molecule has 3 unspecified atom stereocenters. The van der Waals surface area contributed by atoms with E-state index in [4.69, 9.17) is 14.4 Å². The monoisotopic (exact) mass is 900 g/mol. The van der Waals surface area contributed by atoms with E-state index < -0.39 is 24.5 Å². The van der Waals surface area contributed by atoms with E-state index in [1.165, 1.54) is 5.56 Å². The average Bonchev–Trinajstić information content (AvgIpc) is 3.81. The molecule has 7 aromatic rings. The maximum absolute atomic E-state index is 15.5. The number of rotatable bonds is 11. The number of nitrogens with zero attached hydrogens (tertiary/aromatic N) is 7. The molecule has 0 radical (unpaired) electrons. The van der Waals surface area contributed by atoms with Gasteiger partial charge >= 0.3 is 11.4 Å². The molecule has 2 fully saturated rings. The topological polar surface area (TPSA) is 155 Å². The summed E-state index contributed by atoms with van der Waals surface area (Å²) < 4.78 is 46.0. The second-order valence-corrected chi connectivity index (χ2v) is 22.0. The summed E-state index contributed by atoms with van der Waals surface area (Å²) in [5, 5.41) is 10.2. The number of fused-ring (bicyclic) bond motifs is 2. The van der Waals surface area contributed by atoms with Gasteiger partial charge in [0, 0.05) is 61.2 Å². The molecular weight excluding hydrogens is 847 g/mol. The number of aromatic nitrogens is 7. The summed E-state index contributed by atoms with van der Waals surface area (Å²) >= 11 is 0. The molecule has 0 spiro atoms. The van der Waals surface area contributed by atoms with E-state index in [9.17, 15) is 14.2 Å². The van der Waals surface area contributed by atoms with Crippen LogP contribution >= 0.6 is 7.14 Å². The van der Waals surface area contributed by atoms with Crippen molar-refractivity contribution < 1.29 is 23.0 Å². The van der Waals surface area contributed by atoms with Crippen LogP contribution in [0.3, 0.4) is 0 Å². The summed E-state index contributed by atoms with van der Waals surface area (Å²) in [6.45, 7) is 13.1. The number of ether oxygens (including phenoxy) is 1. The van der Waals surface area contributed by atoms with Gasteiger partial charge < -0.3 is 18.8 Å². The number of nitrogens with one attached hydrogen (secondary N) is 1. The lowest BCUT2D eigenvalue weighted by Crippen LogP contribution is -2.41. The number of carbonyl (C=O) groups is 1. The molecule has 338 valence electrons. The number of hydrogen-bond donors (Lipinski definition) is 1. The van der Waals surface area contributed by atoms with Gasteiger partial charge in [-0.3, -0.25) is 23.4 Å². The van der Waals surface area contributed by atoms with Crippen molar-refractivity contribution in [3.05, 3.63) is 145 Å². The highest BCUT2D eigenvalue weighted by Gasteiger charge is 2.59. The highest BCUT2D eigenvalue weighted by Crippen LogP contribution is 2.56. The Morgan fingerprint density at radius 3 is 2.28 bits per heavy atom. The summed E-state index contributed by atoms with van der Waals surface area (Å²) in [5.74, 6) is 0.00396. The highest BCUT2D eigenvalue weighted by atomic mass is 31.2. The van der Waals surface area contributed by atoms with Gasteiger partial charge in [0.15, 0.2) is 5.82 Å². The molecule has 4 aromatic heterocycles. The maximum atomic E-state index is 15.5. The fourth-order valence-corrected chi connectivity index (χ4v) is 12.3. The van der Waals surface area contributed by atoms with Gasteiger partial charge in [0.2, 0.25) is 0 Å². The van der Waals surface area contributed by atoms with Crippen LogP contribution in [0.5, 0.6) is 0 Å². The van der Waals surface area contributed by atoms with Crippen LogP contribution in [0.15, 0.2) is 87.2 Å². The lowest BCUT2D eigenvalue weighted by atomic mass is 9.91. The van der Waals surface area contributed by atoms with Crippen LogP contribution in [0.25, 0.3) is 28.1 Å².